The van der Waals surface area contributed by atoms with Crippen LogP contribution in [0, 0.1) is 28.8 Å². The van der Waals surface area contributed by atoms with Gasteiger partial charge in [0.05, 0.1) is 18.4 Å². The molecule has 0 bridgehead atoms. The molecule has 1 aliphatic rings. The Kier molecular flexibility index (Phi) is 5.38. The van der Waals surface area contributed by atoms with E-state index in [1.54, 1.807) is 25.2 Å². The smallest absolute Gasteiger partial charge is 0.229 e. The number of ether oxygens (including phenoxy) is 1. The van der Waals surface area contributed by atoms with Crippen molar-refractivity contribution in [1.29, 1.82) is 5.26 Å². The molecule has 1 aliphatic carbocycles. The Labute approximate surface area is 176 Å². The summed E-state index contributed by atoms with van der Waals surface area (Å²) in [4.78, 5) is 8.98. The topological polar surface area (TPSA) is 82.9 Å². The van der Waals surface area contributed by atoms with Crippen molar-refractivity contribution in [2.75, 3.05) is 24.8 Å². The van der Waals surface area contributed by atoms with Gasteiger partial charge in [-0.1, -0.05) is 0 Å². The molecule has 1 heterocycles. The predicted molar refractivity (Wildman–Crippen MR) is 109 cm³/mol. The molecule has 0 amide bonds. The lowest BCUT2D eigenvalue weighted by atomic mass is 9.95. The zero-order valence-corrected chi connectivity index (χ0v) is 16.8. The monoisotopic (exact) mass is 425 g/mol. The summed E-state index contributed by atoms with van der Waals surface area (Å²) in [6, 6.07) is 8.30. The fraction of sp³-hybridized carbons (Fsp3) is 0.227. The quantitative estimate of drug-likeness (QED) is 0.620. The van der Waals surface area contributed by atoms with Gasteiger partial charge in [0.25, 0.3) is 0 Å². The number of nitrogens with one attached hydrogen (secondary N) is 2. The number of hydrogen-bond acceptors (Lipinski definition) is 6. The number of halogens is 3. The van der Waals surface area contributed by atoms with Crippen LogP contribution in [0.4, 0.5) is 30.6 Å². The number of benzene rings is 2. The lowest BCUT2D eigenvalue weighted by Gasteiger charge is -2.16. The van der Waals surface area contributed by atoms with Gasteiger partial charge < -0.3 is 15.4 Å². The molecule has 6 nitrogen and oxygen atoms in total. The summed E-state index contributed by atoms with van der Waals surface area (Å²) in [6.45, 7) is 0. The van der Waals surface area contributed by atoms with E-state index in [9.17, 15) is 13.2 Å². The van der Waals surface area contributed by atoms with Gasteiger partial charge in [0.1, 0.15) is 35.1 Å². The third kappa shape index (κ3) is 3.72. The Bertz CT molecular complexity index is 1190. The Morgan fingerprint density at radius 3 is 2.52 bits per heavy atom. The van der Waals surface area contributed by atoms with Gasteiger partial charge in [0, 0.05) is 48.0 Å². The lowest BCUT2D eigenvalue weighted by Crippen LogP contribution is -2.10. The third-order valence-electron chi connectivity index (χ3n) is 5.26. The zero-order valence-electron chi connectivity index (χ0n) is 16.8. The molecule has 1 unspecified atom stereocenters. The van der Waals surface area contributed by atoms with Crippen LogP contribution in [-0.4, -0.2) is 24.1 Å². The highest BCUT2D eigenvalue weighted by atomic mass is 19.1. The van der Waals surface area contributed by atoms with Gasteiger partial charge in [-0.25, -0.2) is 18.2 Å². The van der Waals surface area contributed by atoms with E-state index in [2.05, 4.69) is 20.6 Å². The van der Waals surface area contributed by atoms with Crippen molar-refractivity contribution >= 4 is 17.5 Å². The van der Waals surface area contributed by atoms with Gasteiger partial charge >= 0.3 is 0 Å². The van der Waals surface area contributed by atoms with Crippen LogP contribution in [0.15, 0.2) is 30.3 Å². The normalized spacial score (nSPS) is 14.6. The van der Waals surface area contributed by atoms with Gasteiger partial charge in [0.2, 0.25) is 5.95 Å². The second kappa shape index (κ2) is 8.14. The molecule has 158 valence electrons. The van der Waals surface area contributed by atoms with Crippen LogP contribution in [0.3, 0.4) is 0 Å². The molecule has 2 aromatic carbocycles. The maximum Gasteiger partial charge on any atom is 0.229 e. The van der Waals surface area contributed by atoms with E-state index < -0.39 is 23.4 Å². The summed E-state index contributed by atoms with van der Waals surface area (Å²) >= 11 is 0. The lowest BCUT2D eigenvalue weighted by molar-refractivity contribution is 0.413. The van der Waals surface area contributed by atoms with Gasteiger partial charge in [0.15, 0.2) is 0 Å². The molecule has 0 spiro atoms. The van der Waals surface area contributed by atoms with Gasteiger partial charge in [-0.2, -0.15) is 10.2 Å². The first-order chi connectivity index (χ1) is 14.9. The molecule has 2 N–H and O–H groups in total. The van der Waals surface area contributed by atoms with Crippen LogP contribution in [0.1, 0.15) is 34.7 Å². The number of hydrogen-bond donors (Lipinski definition) is 2. The molecule has 9 heteroatoms. The van der Waals surface area contributed by atoms with Gasteiger partial charge in [-0.05, 0) is 25.0 Å². The third-order valence-corrected chi connectivity index (χ3v) is 5.26. The van der Waals surface area contributed by atoms with Gasteiger partial charge in [-0.3, -0.25) is 0 Å². The SMILES string of the molecule is CNc1nc(Nc2ccc(C#N)c(OC)c2)nc2c1CCC2c1c(F)cc(F)cc1F. The van der Waals surface area contributed by atoms with E-state index in [-0.39, 0.29) is 11.5 Å². The first-order valence-corrected chi connectivity index (χ1v) is 9.53. The molecule has 0 aliphatic heterocycles. The molecule has 1 atom stereocenters. The van der Waals surface area contributed by atoms with E-state index in [0.717, 1.165) is 5.56 Å². The van der Waals surface area contributed by atoms with Crippen LogP contribution in [0.2, 0.25) is 0 Å². The Balaban J connectivity index is 1.76. The summed E-state index contributed by atoms with van der Waals surface area (Å²) in [5.74, 6) is -2.37. The van der Waals surface area contributed by atoms with Crippen LogP contribution in [-0.2, 0) is 6.42 Å². The Hall–Kier alpha value is -3.80. The Morgan fingerprint density at radius 1 is 1.13 bits per heavy atom. The minimum atomic E-state index is -0.965. The molecule has 4 rings (SSSR count). The number of nitriles is 1. The average molecular weight is 425 g/mol. The molecular formula is C22H18F3N5O. The van der Waals surface area contributed by atoms with Crippen molar-refractivity contribution in [1.82, 2.24) is 9.97 Å². The van der Waals surface area contributed by atoms with E-state index in [1.807, 2.05) is 6.07 Å². The first kappa shape index (κ1) is 20.5. The molecule has 0 saturated carbocycles. The van der Waals surface area contributed by atoms with Crippen LogP contribution in [0.25, 0.3) is 0 Å². The largest absolute Gasteiger partial charge is 0.495 e. The van der Waals surface area contributed by atoms with E-state index in [1.165, 1.54) is 7.11 Å². The highest BCUT2D eigenvalue weighted by molar-refractivity contribution is 5.63. The highest BCUT2D eigenvalue weighted by Gasteiger charge is 2.33. The van der Waals surface area contributed by atoms with Crippen LogP contribution in [0.5, 0.6) is 5.75 Å². The zero-order chi connectivity index (χ0) is 22.1. The van der Waals surface area contributed by atoms with Crippen molar-refractivity contribution in [3.05, 3.63) is 70.2 Å². The molecule has 3 aromatic rings. The van der Waals surface area contributed by atoms with Crippen molar-refractivity contribution in [3.8, 4) is 11.8 Å². The van der Waals surface area contributed by atoms with Crippen molar-refractivity contribution in [2.45, 2.75) is 18.8 Å². The standard InChI is InChI=1S/C22H18F3N5O/c1-27-21-15-6-5-14(19-16(24)7-12(23)8-17(19)25)20(15)29-22(30-21)28-13-4-3-11(10-26)18(9-13)31-2/h3-4,7-9,14H,5-6H2,1-2H3,(H2,27,28,29,30). The molecule has 31 heavy (non-hydrogen) atoms. The van der Waals surface area contributed by atoms with Crippen LogP contribution < -0.4 is 15.4 Å². The number of anilines is 3. The summed E-state index contributed by atoms with van der Waals surface area (Å²) < 4.78 is 47.5. The van der Waals surface area contributed by atoms with E-state index >= 15 is 0 Å². The van der Waals surface area contributed by atoms with Gasteiger partial charge in [-0.15, -0.1) is 0 Å². The number of fused-ring (bicyclic) bond motifs is 1. The number of aromatic nitrogens is 2. The number of methoxy groups -OCH3 is 1. The minimum absolute atomic E-state index is 0.202. The molecule has 0 fully saturated rings. The summed E-state index contributed by atoms with van der Waals surface area (Å²) in [6.07, 6.45) is 0.948. The van der Waals surface area contributed by atoms with E-state index in [4.69, 9.17) is 10.00 Å². The number of nitrogens with zero attached hydrogens (tertiary/aromatic N) is 3. The highest BCUT2D eigenvalue weighted by Crippen LogP contribution is 2.42. The predicted octanol–water partition coefficient (Wildman–Crippen LogP) is 4.64. The van der Waals surface area contributed by atoms with Crippen LogP contribution >= 0.6 is 0 Å². The minimum Gasteiger partial charge on any atom is -0.495 e. The summed E-state index contributed by atoms with van der Waals surface area (Å²) in [5.41, 5.74) is 1.99. The fourth-order valence-electron chi connectivity index (χ4n) is 3.88. The maximum absolute atomic E-state index is 14.4. The van der Waals surface area contributed by atoms with E-state index in [0.29, 0.717) is 53.5 Å². The molecule has 0 radical (unpaired) electrons. The summed E-state index contributed by atoms with van der Waals surface area (Å²) in [5, 5.41) is 15.2. The van der Waals surface area contributed by atoms with Crippen molar-refractivity contribution < 1.29 is 17.9 Å². The first-order valence-electron chi connectivity index (χ1n) is 9.53. The molecule has 0 saturated heterocycles. The second-order valence-corrected chi connectivity index (χ2v) is 7.04. The van der Waals surface area contributed by atoms with Crippen molar-refractivity contribution in [2.24, 2.45) is 0 Å². The van der Waals surface area contributed by atoms with Crippen molar-refractivity contribution in [3.63, 3.8) is 0 Å². The molecule has 1 aromatic heterocycles. The second-order valence-electron chi connectivity index (χ2n) is 7.04. The number of rotatable bonds is 5. The molecular weight excluding hydrogens is 407 g/mol. The fourth-order valence-corrected chi connectivity index (χ4v) is 3.88. The maximum atomic E-state index is 14.4. The summed E-state index contributed by atoms with van der Waals surface area (Å²) in [7, 11) is 3.16. The average Bonchev–Trinajstić information content (AvgIpc) is 3.16. The Morgan fingerprint density at radius 2 is 1.87 bits per heavy atom.